The number of hydrogen-bond acceptors (Lipinski definition) is 2. The van der Waals surface area contributed by atoms with E-state index in [4.69, 9.17) is 4.74 Å². The quantitative estimate of drug-likeness (QED) is 0.853. The number of benzene rings is 2. The molecule has 2 aromatic rings. The molecule has 1 N–H and O–H groups in total. The topological polar surface area (TPSA) is 21.3 Å². The van der Waals surface area contributed by atoms with Crippen LogP contribution < -0.4 is 10.1 Å². The third-order valence-electron chi connectivity index (χ3n) is 3.10. The van der Waals surface area contributed by atoms with E-state index in [0.29, 0.717) is 0 Å². The molecule has 0 aliphatic rings. The lowest BCUT2D eigenvalue weighted by atomic mass is 10.1. The molecule has 0 heterocycles. The van der Waals surface area contributed by atoms with Crippen LogP contribution in [0.1, 0.15) is 30.5 Å². The summed E-state index contributed by atoms with van der Waals surface area (Å²) in [5.74, 6) is 0.971. The zero-order valence-corrected chi connectivity index (χ0v) is 12.5. The lowest BCUT2D eigenvalue weighted by Gasteiger charge is -2.14. The van der Waals surface area contributed by atoms with Crippen LogP contribution in [0, 0.1) is 6.92 Å². The normalized spacial score (nSPS) is 10.8. The predicted molar refractivity (Wildman–Crippen MR) is 83.9 cm³/mol. The molecule has 0 aliphatic carbocycles. The highest BCUT2D eigenvalue weighted by molar-refractivity contribution is 5.33. The van der Waals surface area contributed by atoms with Crippen molar-refractivity contribution >= 4 is 0 Å². The van der Waals surface area contributed by atoms with E-state index in [9.17, 15) is 0 Å². The van der Waals surface area contributed by atoms with Gasteiger partial charge in [0.15, 0.2) is 0 Å². The second kappa shape index (κ2) is 7.11. The minimum Gasteiger partial charge on any atom is -0.491 e. The molecule has 0 fully saturated rings. The van der Waals surface area contributed by atoms with Crippen LogP contribution in [0.25, 0.3) is 0 Å². The molecule has 0 saturated heterocycles. The van der Waals surface area contributed by atoms with Crippen molar-refractivity contribution in [2.45, 2.75) is 40.0 Å². The molecule has 0 saturated carbocycles. The summed E-state index contributed by atoms with van der Waals surface area (Å²) in [5.41, 5.74) is 3.80. The molecule has 0 amide bonds. The first kappa shape index (κ1) is 14.6. The van der Waals surface area contributed by atoms with Crippen LogP contribution in [0.4, 0.5) is 0 Å². The van der Waals surface area contributed by atoms with E-state index < -0.39 is 0 Å². The highest BCUT2D eigenvalue weighted by Crippen LogP contribution is 2.19. The standard InChI is InChI=1S/C18H23NO/c1-14(2)20-18-7-5-4-6-17(18)13-19-12-16-10-8-15(3)9-11-16/h4-11,14,19H,12-13H2,1-3H3. The molecule has 0 spiro atoms. The SMILES string of the molecule is Cc1ccc(CNCc2ccccc2OC(C)C)cc1. The van der Waals surface area contributed by atoms with Gasteiger partial charge in [0.1, 0.15) is 5.75 Å². The van der Waals surface area contributed by atoms with E-state index in [1.165, 1.54) is 16.7 Å². The number of nitrogens with one attached hydrogen (secondary N) is 1. The van der Waals surface area contributed by atoms with Crippen molar-refractivity contribution in [2.24, 2.45) is 0 Å². The molecule has 0 unspecified atom stereocenters. The Balaban J connectivity index is 1.92. The van der Waals surface area contributed by atoms with Crippen molar-refractivity contribution in [1.29, 1.82) is 0 Å². The molecule has 2 nitrogen and oxygen atoms in total. The predicted octanol–water partition coefficient (Wildman–Crippen LogP) is 4.07. The number of aryl methyl sites for hydroxylation is 1. The van der Waals surface area contributed by atoms with Crippen LogP contribution in [0.2, 0.25) is 0 Å². The van der Waals surface area contributed by atoms with Gasteiger partial charge < -0.3 is 10.1 Å². The molecule has 106 valence electrons. The van der Waals surface area contributed by atoms with Crippen LogP contribution >= 0.6 is 0 Å². The van der Waals surface area contributed by atoms with Gasteiger partial charge in [-0.1, -0.05) is 48.0 Å². The largest absolute Gasteiger partial charge is 0.491 e. The van der Waals surface area contributed by atoms with Gasteiger partial charge in [-0.25, -0.2) is 0 Å². The summed E-state index contributed by atoms with van der Waals surface area (Å²) in [6, 6.07) is 16.8. The van der Waals surface area contributed by atoms with E-state index in [0.717, 1.165) is 18.8 Å². The summed E-state index contributed by atoms with van der Waals surface area (Å²) in [6.07, 6.45) is 0.202. The molecule has 0 aromatic heterocycles. The number of rotatable bonds is 6. The maximum absolute atomic E-state index is 5.82. The summed E-state index contributed by atoms with van der Waals surface area (Å²) < 4.78 is 5.82. The highest BCUT2D eigenvalue weighted by Gasteiger charge is 2.04. The molecule has 2 heteroatoms. The van der Waals surface area contributed by atoms with Gasteiger partial charge in [-0.2, -0.15) is 0 Å². The molecule has 2 rings (SSSR count). The molecule has 0 bridgehead atoms. The van der Waals surface area contributed by atoms with E-state index in [1.807, 2.05) is 12.1 Å². The smallest absolute Gasteiger partial charge is 0.124 e. The molecule has 0 aliphatic heterocycles. The fourth-order valence-corrected chi connectivity index (χ4v) is 2.07. The summed E-state index contributed by atoms with van der Waals surface area (Å²) in [7, 11) is 0. The summed E-state index contributed by atoms with van der Waals surface area (Å²) in [5, 5.41) is 3.47. The summed E-state index contributed by atoms with van der Waals surface area (Å²) in [4.78, 5) is 0. The van der Waals surface area contributed by atoms with Crippen molar-refractivity contribution < 1.29 is 4.74 Å². The van der Waals surface area contributed by atoms with Crippen molar-refractivity contribution in [1.82, 2.24) is 5.32 Å². The second-order valence-corrected chi connectivity index (χ2v) is 5.36. The van der Waals surface area contributed by atoms with Crippen molar-refractivity contribution in [2.75, 3.05) is 0 Å². The average Bonchev–Trinajstić information content (AvgIpc) is 2.42. The van der Waals surface area contributed by atoms with Gasteiger partial charge in [-0.3, -0.25) is 0 Å². The van der Waals surface area contributed by atoms with Crippen molar-refractivity contribution in [3.8, 4) is 5.75 Å². The minimum absolute atomic E-state index is 0.202. The zero-order chi connectivity index (χ0) is 14.4. The first-order valence-electron chi connectivity index (χ1n) is 7.16. The van der Waals surface area contributed by atoms with Gasteiger partial charge in [-0.05, 0) is 32.4 Å². The highest BCUT2D eigenvalue weighted by atomic mass is 16.5. The van der Waals surface area contributed by atoms with Crippen molar-refractivity contribution in [3.63, 3.8) is 0 Å². The Morgan fingerprint density at radius 3 is 2.35 bits per heavy atom. The Morgan fingerprint density at radius 1 is 0.950 bits per heavy atom. The Bertz CT molecular complexity index is 531. The fraction of sp³-hybridized carbons (Fsp3) is 0.333. The van der Waals surface area contributed by atoms with Gasteiger partial charge in [0, 0.05) is 18.7 Å². The number of hydrogen-bond donors (Lipinski definition) is 1. The third-order valence-corrected chi connectivity index (χ3v) is 3.10. The van der Waals surface area contributed by atoms with E-state index in [-0.39, 0.29) is 6.10 Å². The fourth-order valence-electron chi connectivity index (χ4n) is 2.07. The number of para-hydroxylation sites is 1. The van der Waals surface area contributed by atoms with Gasteiger partial charge in [0.2, 0.25) is 0 Å². The Kier molecular flexibility index (Phi) is 5.19. The van der Waals surface area contributed by atoms with Gasteiger partial charge in [-0.15, -0.1) is 0 Å². The molecule has 0 radical (unpaired) electrons. The lowest BCUT2D eigenvalue weighted by Crippen LogP contribution is -2.15. The van der Waals surface area contributed by atoms with Gasteiger partial charge in [0.25, 0.3) is 0 Å². The van der Waals surface area contributed by atoms with Gasteiger partial charge in [0.05, 0.1) is 6.10 Å². The third kappa shape index (κ3) is 4.39. The maximum Gasteiger partial charge on any atom is 0.124 e. The first-order valence-corrected chi connectivity index (χ1v) is 7.16. The molecular formula is C18H23NO. The Morgan fingerprint density at radius 2 is 1.65 bits per heavy atom. The monoisotopic (exact) mass is 269 g/mol. The van der Waals surface area contributed by atoms with Crippen LogP contribution in [-0.4, -0.2) is 6.10 Å². The second-order valence-electron chi connectivity index (χ2n) is 5.36. The van der Waals surface area contributed by atoms with E-state index >= 15 is 0 Å². The average molecular weight is 269 g/mol. The van der Waals surface area contributed by atoms with Crippen molar-refractivity contribution in [3.05, 3.63) is 65.2 Å². The van der Waals surface area contributed by atoms with Crippen LogP contribution in [0.3, 0.4) is 0 Å². The zero-order valence-electron chi connectivity index (χ0n) is 12.5. The number of ether oxygens (including phenoxy) is 1. The summed E-state index contributed by atoms with van der Waals surface area (Å²) in [6.45, 7) is 7.90. The van der Waals surface area contributed by atoms with E-state index in [2.05, 4.69) is 62.5 Å². The Hall–Kier alpha value is -1.80. The van der Waals surface area contributed by atoms with Crippen LogP contribution in [-0.2, 0) is 13.1 Å². The van der Waals surface area contributed by atoms with E-state index in [1.54, 1.807) is 0 Å². The van der Waals surface area contributed by atoms with Crippen LogP contribution in [0.5, 0.6) is 5.75 Å². The maximum atomic E-state index is 5.82. The van der Waals surface area contributed by atoms with Crippen LogP contribution in [0.15, 0.2) is 48.5 Å². The first-order chi connectivity index (χ1) is 9.65. The lowest BCUT2D eigenvalue weighted by molar-refractivity contribution is 0.239. The molecular weight excluding hydrogens is 246 g/mol. The van der Waals surface area contributed by atoms with Gasteiger partial charge >= 0.3 is 0 Å². The summed E-state index contributed by atoms with van der Waals surface area (Å²) >= 11 is 0. The molecule has 0 atom stereocenters. The minimum atomic E-state index is 0.202. The molecule has 2 aromatic carbocycles. The molecule has 20 heavy (non-hydrogen) atoms. The Labute approximate surface area is 121 Å².